The summed E-state index contributed by atoms with van der Waals surface area (Å²) in [5, 5.41) is 10.2. The zero-order valence-corrected chi connectivity index (χ0v) is 7.33. The zero-order chi connectivity index (χ0) is 7.72. The quantitative estimate of drug-likeness (QED) is 0.384. The van der Waals surface area contributed by atoms with Gasteiger partial charge in [-0.05, 0) is 0 Å². The normalized spacial score (nSPS) is 9.80. The molecule has 0 N–H and O–H groups in total. The van der Waals surface area contributed by atoms with E-state index >= 15 is 0 Å². The molecule has 0 aliphatic rings. The van der Waals surface area contributed by atoms with Crippen LogP contribution >= 0.6 is 0 Å². The molecule has 0 amide bonds. The van der Waals surface area contributed by atoms with Gasteiger partial charge in [-0.25, -0.2) is 0 Å². The molecule has 1 rings (SSSR count). The first-order valence-electron chi connectivity index (χ1n) is 2.69. The average Bonchev–Trinajstić information content (AvgIpc) is 2.10. The van der Waals surface area contributed by atoms with E-state index < -0.39 is 0 Å². The Balaban J connectivity index is 3.15. The van der Waals surface area contributed by atoms with Crippen molar-refractivity contribution in [3.8, 4) is 0 Å². The van der Waals surface area contributed by atoms with Crippen molar-refractivity contribution in [3.05, 3.63) is 20.4 Å². The van der Waals surface area contributed by atoms with Crippen molar-refractivity contribution in [1.82, 2.24) is 4.98 Å². The molecule has 0 bridgehead atoms. The van der Waals surface area contributed by atoms with Gasteiger partial charge in [0, 0.05) is 0 Å². The number of aryl methyl sites for hydroxylation is 2. The van der Waals surface area contributed by atoms with Crippen molar-refractivity contribution >= 4 is 19.1 Å². The molecular weight excluding hydrogens is 199 g/mol. The third-order valence-corrected chi connectivity index (χ3v) is 3.19. The van der Waals surface area contributed by atoms with Gasteiger partial charge in [0.1, 0.15) is 0 Å². The van der Waals surface area contributed by atoms with Gasteiger partial charge in [0.2, 0.25) is 0 Å². The van der Waals surface area contributed by atoms with E-state index in [0.717, 1.165) is 4.57 Å². The number of hydrogen-bond donors (Lipinski definition) is 0. The molecule has 0 aromatic carbocycles. The Kier molecular flexibility index (Phi) is 1.87. The van der Waals surface area contributed by atoms with Gasteiger partial charge < -0.3 is 0 Å². The van der Waals surface area contributed by atoms with Crippen LogP contribution in [0.3, 0.4) is 0 Å². The molecule has 0 aliphatic carbocycles. The van der Waals surface area contributed by atoms with Crippen molar-refractivity contribution in [2.24, 2.45) is 0 Å². The van der Waals surface area contributed by atoms with Crippen LogP contribution in [0.15, 0.2) is 0 Å². The fourth-order valence-corrected chi connectivity index (χ4v) is 2.22. The number of nitrogens with zero attached hydrogens (tertiary/aromatic N) is 2. The molecule has 0 spiro atoms. The van der Waals surface area contributed by atoms with Crippen molar-refractivity contribution < 1.29 is 4.92 Å². The van der Waals surface area contributed by atoms with Gasteiger partial charge in [-0.2, -0.15) is 0 Å². The Hall–Kier alpha value is -0.671. The van der Waals surface area contributed by atoms with Crippen molar-refractivity contribution in [2.75, 3.05) is 0 Å². The van der Waals surface area contributed by atoms with Crippen LogP contribution < -0.4 is 0 Å². The predicted octanol–water partition coefficient (Wildman–Crippen LogP) is 0.664. The fourth-order valence-electron chi connectivity index (χ4n) is 0.690. The summed E-state index contributed by atoms with van der Waals surface area (Å²) in [4.78, 5) is 13.9. The Labute approximate surface area is 63.8 Å². The first-order valence-corrected chi connectivity index (χ1v) is 4.41. The summed E-state index contributed by atoms with van der Waals surface area (Å²) in [5.41, 5.74) is 0.572. The summed E-state index contributed by atoms with van der Waals surface area (Å²) in [6.07, 6.45) is 0. The number of nitro groups is 1. The van der Waals surface area contributed by atoms with Gasteiger partial charge in [0.05, 0.1) is 0 Å². The summed E-state index contributed by atoms with van der Waals surface area (Å²) in [6.45, 7) is 3.50. The van der Waals surface area contributed by atoms with Crippen LogP contribution in [0.1, 0.15) is 10.3 Å². The van der Waals surface area contributed by atoms with Crippen molar-refractivity contribution in [3.63, 3.8) is 0 Å². The first kappa shape index (κ1) is 7.44. The van der Waals surface area contributed by atoms with Crippen LogP contribution in [-0.2, 0) is 0 Å². The number of aromatic nitrogens is 1. The predicted molar refractivity (Wildman–Crippen MR) is 37.3 cm³/mol. The minimum absolute atomic E-state index is 0.131. The molecule has 1 aromatic rings. The van der Waals surface area contributed by atoms with Gasteiger partial charge in [0.25, 0.3) is 0 Å². The third kappa shape index (κ3) is 1.25. The van der Waals surface area contributed by atoms with Crippen LogP contribution in [0.4, 0.5) is 4.56 Å². The maximum absolute atomic E-state index is 10.2. The third-order valence-electron chi connectivity index (χ3n) is 1.04. The van der Waals surface area contributed by atoms with E-state index in [0.29, 0.717) is 10.3 Å². The molecule has 1 heterocycles. The van der Waals surface area contributed by atoms with Crippen LogP contribution in [0.2, 0.25) is 0 Å². The van der Waals surface area contributed by atoms with E-state index in [1.807, 2.05) is 6.92 Å². The second-order valence-electron chi connectivity index (χ2n) is 1.88. The van der Waals surface area contributed by atoms with Gasteiger partial charge in [-0.1, -0.05) is 0 Å². The summed E-state index contributed by atoms with van der Waals surface area (Å²) in [5.74, 6) is 0. The Morgan fingerprint density at radius 2 is 2.20 bits per heavy atom. The van der Waals surface area contributed by atoms with Gasteiger partial charge in [-0.15, -0.1) is 0 Å². The van der Waals surface area contributed by atoms with E-state index in [-0.39, 0.29) is 19.4 Å². The van der Waals surface area contributed by atoms with E-state index in [4.69, 9.17) is 0 Å². The Morgan fingerprint density at radius 3 is 2.40 bits per heavy atom. The molecule has 0 unspecified atom stereocenters. The Bertz CT molecular complexity index is 269. The summed E-state index contributed by atoms with van der Waals surface area (Å²) in [7, 11) is 0. The SMILES string of the molecule is Cc1nc(C)c([N+](=O)[O-])[se]1. The van der Waals surface area contributed by atoms with Crippen molar-refractivity contribution in [2.45, 2.75) is 13.8 Å². The summed E-state index contributed by atoms with van der Waals surface area (Å²) < 4.78 is 1.18. The van der Waals surface area contributed by atoms with Gasteiger partial charge in [-0.3, -0.25) is 0 Å². The average molecular weight is 205 g/mol. The monoisotopic (exact) mass is 206 g/mol. The van der Waals surface area contributed by atoms with Crippen molar-refractivity contribution in [1.29, 1.82) is 0 Å². The molecule has 0 radical (unpaired) electrons. The van der Waals surface area contributed by atoms with Crippen LogP contribution in [0.5, 0.6) is 0 Å². The van der Waals surface area contributed by atoms with E-state index in [9.17, 15) is 10.1 Å². The van der Waals surface area contributed by atoms with Crippen LogP contribution in [-0.4, -0.2) is 24.4 Å². The molecule has 10 heavy (non-hydrogen) atoms. The molecule has 0 aliphatic heterocycles. The first-order chi connectivity index (χ1) is 4.61. The molecule has 0 fully saturated rings. The van der Waals surface area contributed by atoms with Crippen LogP contribution in [0, 0.1) is 24.0 Å². The fraction of sp³-hybridized carbons (Fsp3) is 0.400. The summed E-state index contributed by atoms with van der Waals surface area (Å²) >= 11 is -0.131. The molecule has 0 saturated carbocycles. The molecule has 0 saturated heterocycles. The van der Waals surface area contributed by atoms with E-state index in [2.05, 4.69) is 4.98 Å². The molecule has 0 atom stereocenters. The standard InChI is InChI=1S/C5H6N2O2Se/c1-3-5(7(8)9)10-4(2)6-3/h1-2H3. The van der Waals surface area contributed by atoms with E-state index in [1.54, 1.807) is 6.92 Å². The van der Waals surface area contributed by atoms with Gasteiger partial charge >= 0.3 is 63.2 Å². The molecule has 1 aromatic heterocycles. The topological polar surface area (TPSA) is 56.0 Å². The van der Waals surface area contributed by atoms with Crippen LogP contribution in [0.25, 0.3) is 0 Å². The molecular formula is C5H6N2O2Se. The molecule has 5 heteroatoms. The molecule has 4 nitrogen and oxygen atoms in total. The second-order valence-corrected chi connectivity index (χ2v) is 4.36. The molecule has 54 valence electrons. The number of rotatable bonds is 1. The Morgan fingerprint density at radius 1 is 1.60 bits per heavy atom. The van der Waals surface area contributed by atoms with E-state index in [1.165, 1.54) is 0 Å². The summed E-state index contributed by atoms with van der Waals surface area (Å²) in [6, 6.07) is 0. The second kappa shape index (κ2) is 2.52. The maximum atomic E-state index is 10.2. The zero-order valence-electron chi connectivity index (χ0n) is 5.62. The number of hydrogen-bond acceptors (Lipinski definition) is 3. The minimum atomic E-state index is -0.338. The van der Waals surface area contributed by atoms with Gasteiger partial charge in [0.15, 0.2) is 0 Å².